The fourth-order valence-electron chi connectivity index (χ4n) is 3.17. The molecule has 0 radical (unpaired) electrons. The van der Waals surface area contributed by atoms with Crippen LogP contribution < -0.4 is 0 Å². The van der Waals surface area contributed by atoms with Gasteiger partial charge in [0.1, 0.15) is 5.54 Å². The standard InChI is InChI=1S/C14H21NO4S2/c1-4-6-14(13(16)17)7-5-8-15(14)21(18,19)12-9-10(2)20-11(12)3/h9H,4-8H2,1-3H3,(H,16,17). The van der Waals surface area contributed by atoms with Gasteiger partial charge in [0.05, 0.1) is 4.90 Å². The largest absolute Gasteiger partial charge is 0.480 e. The molecular weight excluding hydrogens is 310 g/mol. The molecule has 118 valence electrons. The summed E-state index contributed by atoms with van der Waals surface area (Å²) in [5.74, 6) is -1.03. The smallest absolute Gasteiger partial charge is 0.325 e. The van der Waals surface area contributed by atoms with E-state index in [1.807, 2.05) is 13.8 Å². The van der Waals surface area contributed by atoms with Crippen LogP contribution in [0.15, 0.2) is 11.0 Å². The summed E-state index contributed by atoms with van der Waals surface area (Å²) in [6.45, 7) is 5.79. The number of hydrogen-bond acceptors (Lipinski definition) is 4. The maximum Gasteiger partial charge on any atom is 0.325 e. The number of carboxylic acid groups (broad SMARTS) is 1. The Morgan fingerprint density at radius 1 is 1.48 bits per heavy atom. The van der Waals surface area contributed by atoms with Gasteiger partial charge in [-0.3, -0.25) is 4.79 Å². The molecule has 1 aromatic rings. The van der Waals surface area contributed by atoms with Crippen LogP contribution in [0, 0.1) is 13.8 Å². The highest BCUT2D eigenvalue weighted by atomic mass is 32.2. The molecule has 2 rings (SSSR count). The zero-order valence-corrected chi connectivity index (χ0v) is 14.2. The van der Waals surface area contributed by atoms with Crippen molar-refractivity contribution >= 4 is 27.3 Å². The lowest BCUT2D eigenvalue weighted by molar-refractivity contribution is -0.147. The number of thiophene rings is 1. The van der Waals surface area contributed by atoms with Crippen molar-refractivity contribution in [1.29, 1.82) is 0 Å². The Balaban J connectivity index is 2.52. The molecule has 1 saturated heterocycles. The first-order chi connectivity index (χ1) is 9.75. The van der Waals surface area contributed by atoms with Crippen molar-refractivity contribution in [3.8, 4) is 0 Å². The van der Waals surface area contributed by atoms with Gasteiger partial charge >= 0.3 is 5.97 Å². The minimum atomic E-state index is -3.76. The summed E-state index contributed by atoms with van der Waals surface area (Å²) < 4.78 is 27.1. The molecule has 1 N–H and O–H groups in total. The summed E-state index contributed by atoms with van der Waals surface area (Å²) in [7, 11) is -3.76. The average molecular weight is 331 g/mol. The highest BCUT2D eigenvalue weighted by Gasteiger charge is 2.52. The first kappa shape index (κ1) is 16.5. The van der Waals surface area contributed by atoms with Crippen molar-refractivity contribution in [3.05, 3.63) is 15.8 Å². The van der Waals surface area contributed by atoms with Gasteiger partial charge in [-0.15, -0.1) is 11.3 Å². The SMILES string of the molecule is CCCC1(C(=O)O)CCCN1S(=O)(=O)c1cc(C)sc1C. The van der Waals surface area contributed by atoms with Crippen LogP contribution in [0.3, 0.4) is 0 Å². The van der Waals surface area contributed by atoms with Crippen molar-refractivity contribution in [2.45, 2.75) is 56.9 Å². The van der Waals surface area contributed by atoms with E-state index >= 15 is 0 Å². The van der Waals surface area contributed by atoms with E-state index in [0.717, 1.165) is 9.75 Å². The van der Waals surface area contributed by atoms with Crippen molar-refractivity contribution < 1.29 is 18.3 Å². The van der Waals surface area contributed by atoms with Gasteiger partial charge in [-0.1, -0.05) is 13.3 Å². The monoisotopic (exact) mass is 331 g/mol. The second-order valence-corrected chi connectivity index (χ2v) is 8.84. The second kappa shape index (κ2) is 5.70. The molecule has 0 bridgehead atoms. The predicted octanol–water partition coefficient (Wildman–Crippen LogP) is 2.77. The highest BCUT2D eigenvalue weighted by molar-refractivity contribution is 7.89. The van der Waals surface area contributed by atoms with E-state index in [9.17, 15) is 18.3 Å². The van der Waals surface area contributed by atoms with Crippen LogP contribution in [0.1, 0.15) is 42.4 Å². The topological polar surface area (TPSA) is 74.7 Å². The van der Waals surface area contributed by atoms with Crippen molar-refractivity contribution in [1.82, 2.24) is 4.31 Å². The van der Waals surface area contributed by atoms with Crippen LogP contribution in [0.4, 0.5) is 0 Å². The molecule has 0 amide bonds. The number of aliphatic carboxylic acids is 1. The van der Waals surface area contributed by atoms with Crippen LogP contribution in [0.5, 0.6) is 0 Å². The van der Waals surface area contributed by atoms with Crippen molar-refractivity contribution in [2.75, 3.05) is 6.54 Å². The van der Waals surface area contributed by atoms with Crippen LogP contribution in [-0.2, 0) is 14.8 Å². The van der Waals surface area contributed by atoms with Gasteiger partial charge in [-0.25, -0.2) is 8.42 Å². The molecule has 0 aliphatic carbocycles. The Labute approximate surface area is 129 Å². The molecule has 0 saturated carbocycles. The van der Waals surface area contributed by atoms with E-state index in [2.05, 4.69) is 0 Å². The molecule has 1 aliphatic rings. The summed E-state index contributed by atoms with van der Waals surface area (Å²) in [5, 5.41) is 9.65. The van der Waals surface area contributed by atoms with Crippen LogP contribution in [0.25, 0.3) is 0 Å². The average Bonchev–Trinajstić information content (AvgIpc) is 2.95. The van der Waals surface area contributed by atoms with Crippen LogP contribution in [-0.4, -0.2) is 35.9 Å². The Kier molecular flexibility index (Phi) is 4.46. The van der Waals surface area contributed by atoms with Gasteiger partial charge in [0.15, 0.2) is 0 Å². The lowest BCUT2D eigenvalue weighted by Crippen LogP contribution is -2.52. The normalized spacial score (nSPS) is 23.6. The molecule has 1 fully saturated rings. The van der Waals surface area contributed by atoms with Gasteiger partial charge in [0.2, 0.25) is 10.0 Å². The molecule has 1 unspecified atom stereocenters. The lowest BCUT2D eigenvalue weighted by atomic mass is 9.92. The Morgan fingerprint density at radius 2 is 2.14 bits per heavy atom. The van der Waals surface area contributed by atoms with Gasteiger partial charge in [0, 0.05) is 16.3 Å². The van der Waals surface area contributed by atoms with E-state index in [1.54, 1.807) is 13.0 Å². The zero-order valence-electron chi connectivity index (χ0n) is 12.5. The third-order valence-corrected chi connectivity index (χ3v) is 7.24. The minimum absolute atomic E-state index is 0.258. The summed E-state index contributed by atoms with van der Waals surface area (Å²) in [6.07, 6.45) is 1.97. The third-order valence-electron chi connectivity index (χ3n) is 4.05. The quantitative estimate of drug-likeness (QED) is 0.900. The molecule has 2 heterocycles. The molecular formula is C14H21NO4S2. The van der Waals surface area contributed by atoms with Crippen molar-refractivity contribution in [2.24, 2.45) is 0 Å². The van der Waals surface area contributed by atoms with Gasteiger partial charge in [-0.2, -0.15) is 4.31 Å². The molecule has 1 atom stereocenters. The number of nitrogens with zero attached hydrogens (tertiary/aromatic N) is 1. The van der Waals surface area contributed by atoms with Gasteiger partial charge < -0.3 is 5.11 Å². The number of sulfonamides is 1. The van der Waals surface area contributed by atoms with E-state index in [-0.39, 0.29) is 11.4 Å². The molecule has 0 spiro atoms. The second-order valence-electron chi connectivity index (χ2n) is 5.54. The number of rotatable bonds is 5. The first-order valence-corrected chi connectivity index (χ1v) is 9.34. The first-order valence-electron chi connectivity index (χ1n) is 7.09. The summed E-state index contributed by atoms with van der Waals surface area (Å²) in [4.78, 5) is 13.7. The van der Waals surface area contributed by atoms with Crippen molar-refractivity contribution in [3.63, 3.8) is 0 Å². The van der Waals surface area contributed by atoms with E-state index in [1.165, 1.54) is 15.6 Å². The van der Waals surface area contributed by atoms with Crippen LogP contribution >= 0.6 is 11.3 Å². The van der Waals surface area contributed by atoms with Crippen LogP contribution in [0.2, 0.25) is 0 Å². The maximum atomic E-state index is 12.9. The zero-order chi connectivity index (χ0) is 15.8. The maximum absolute atomic E-state index is 12.9. The van der Waals surface area contributed by atoms with E-state index in [4.69, 9.17) is 0 Å². The fourth-order valence-corrected chi connectivity index (χ4v) is 6.52. The number of carbonyl (C=O) groups is 1. The molecule has 5 nitrogen and oxygen atoms in total. The van der Waals surface area contributed by atoms with E-state index < -0.39 is 21.5 Å². The molecule has 1 aliphatic heterocycles. The number of aryl methyl sites for hydroxylation is 2. The molecule has 21 heavy (non-hydrogen) atoms. The van der Waals surface area contributed by atoms with Gasteiger partial charge in [-0.05, 0) is 39.2 Å². The highest BCUT2D eigenvalue weighted by Crippen LogP contribution is 2.40. The molecule has 1 aromatic heterocycles. The summed E-state index contributed by atoms with van der Waals surface area (Å²) in [6, 6.07) is 1.65. The third kappa shape index (κ3) is 2.62. The minimum Gasteiger partial charge on any atom is -0.480 e. The summed E-state index contributed by atoms with van der Waals surface area (Å²) >= 11 is 1.42. The summed E-state index contributed by atoms with van der Waals surface area (Å²) in [5.41, 5.74) is -1.28. The Morgan fingerprint density at radius 3 is 2.62 bits per heavy atom. The Bertz CT molecular complexity index is 650. The fraction of sp³-hybridized carbons (Fsp3) is 0.643. The predicted molar refractivity (Wildman–Crippen MR) is 82.2 cm³/mol. The number of carboxylic acids is 1. The van der Waals surface area contributed by atoms with E-state index in [0.29, 0.717) is 25.7 Å². The molecule has 0 aromatic carbocycles. The number of hydrogen-bond donors (Lipinski definition) is 1. The lowest BCUT2D eigenvalue weighted by Gasteiger charge is -2.33. The molecule has 7 heteroatoms. The Hall–Kier alpha value is -0.920. The van der Waals surface area contributed by atoms with Gasteiger partial charge in [0.25, 0.3) is 0 Å².